The van der Waals surface area contributed by atoms with Gasteiger partial charge in [-0.25, -0.2) is 4.79 Å². The summed E-state index contributed by atoms with van der Waals surface area (Å²) in [6.45, 7) is 0.577. The normalized spacial score (nSPS) is 9.61. The summed E-state index contributed by atoms with van der Waals surface area (Å²) in [6.07, 6.45) is 0. The maximum absolute atomic E-state index is 11.9. The molecule has 5 nitrogen and oxygen atoms in total. The van der Waals surface area contributed by atoms with Crippen LogP contribution in [0.4, 0.5) is 0 Å². The first kappa shape index (κ1) is 19.5. The number of carboxylic acid groups (broad SMARTS) is 1. The third kappa shape index (κ3) is 5.88. The molecule has 2 aromatic carbocycles. The smallest absolute Gasteiger partial charge is 1.00 e. The molecule has 0 heterocycles. The van der Waals surface area contributed by atoms with Crippen molar-refractivity contribution in [2.24, 2.45) is 0 Å². The Kier molecular flexibility index (Phi) is 8.12. The maximum atomic E-state index is 11.9. The van der Waals surface area contributed by atoms with Crippen LogP contribution in [0.1, 0.15) is 22.1 Å². The average Bonchev–Trinajstić information content (AvgIpc) is 2.52. The number of hydrogen-bond donors (Lipinski definition) is 2. The van der Waals surface area contributed by atoms with E-state index in [-0.39, 0.29) is 49.1 Å². The molecule has 0 unspecified atom stereocenters. The first-order chi connectivity index (χ1) is 10.6. The van der Waals surface area contributed by atoms with Gasteiger partial charge in [-0.1, -0.05) is 23.7 Å². The Labute approximate surface area is 162 Å². The van der Waals surface area contributed by atoms with Crippen LogP contribution in [0.5, 0.6) is 5.75 Å². The minimum atomic E-state index is -0.987. The van der Waals surface area contributed by atoms with Crippen LogP contribution in [0.15, 0.2) is 48.5 Å². The summed E-state index contributed by atoms with van der Waals surface area (Å²) >= 11 is 5.93. The van der Waals surface area contributed by atoms with Gasteiger partial charge in [-0.05, 0) is 36.4 Å². The van der Waals surface area contributed by atoms with E-state index in [1.165, 1.54) is 12.1 Å². The molecule has 23 heavy (non-hydrogen) atoms. The molecule has 0 aliphatic heterocycles. The van der Waals surface area contributed by atoms with Crippen LogP contribution in [-0.2, 0) is 0 Å². The van der Waals surface area contributed by atoms with E-state index >= 15 is 0 Å². The number of amides is 1. The van der Waals surface area contributed by atoms with Crippen LogP contribution < -0.4 is 39.6 Å². The Bertz CT molecular complexity index is 682. The Morgan fingerprint density at radius 3 is 2.39 bits per heavy atom. The summed E-state index contributed by atoms with van der Waals surface area (Å²) < 4.78 is 5.42. The SMILES string of the molecule is O=C(O)c1ccc(OCCNC(=O)c2ccccc2Cl)cc1.[H-].[Na+]. The molecule has 0 bridgehead atoms. The van der Waals surface area contributed by atoms with Gasteiger partial charge < -0.3 is 16.6 Å². The minimum Gasteiger partial charge on any atom is -1.00 e. The molecule has 2 rings (SSSR count). The number of aromatic carboxylic acids is 1. The molecule has 2 N–H and O–H groups in total. The van der Waals surface area contributed by atoms with Crippen molar-refractivity contribution in [2.45, 2.75) is 0 Å². The van der Waals surface area contributed by atoms with Gasteiger partial charge in [0.2, 0.25) is 0 Å². The third-order valence-corrected chi connectivity index (χ3v) is 3.21. The summed E-state index contributed by atoms with van der Waals surface area (Å²) in [5.74, 6) is -0.717. The molecule has 0 aliphatic carbocycles. The molecular formula is C16H15ClNNaO4. The van der Waals surface area contributed by atoms with Crippen molar-refractivity contribution in [1.29, 1.82) is 0 Å². The molecule has 0 aromatic heterocycles. The predicted octanol–water partition coefficient (Wildman–Crippen LogP) is -0.0365. The van der Waals surface area contributed by atoms with Crippen LogP contribution in [-0.4, -0.2) is 30.1 Å². The van der Waals surface area contributed by atoms with Gasteiger partial charge in [0.05, 0.1) is 22.7 Å². The van der Waals surface area contributed by atoms with Gasteiger partial charge >= 0.3 is 35.5 Å². The van der Waals surface area contributed by atoms with Gasteiger partial charge in [0, 0.05) is 0 Å². The van der Waals surface area contributed by atoms with E-state index in [9.17, 15) is 9.59 Å². The second-order valence-electron chi connectivity index (χ2n) is 4.41. The van der Waals surface area contributed by atoms with Gasteiger partial charge in [0.25, 0.3) is 5.91 Å². The van der Waals surface area contributed by atoms with Gasteiger partial charge in [-0.15, -0.1) is 0 Å². The van der Waals surface area contributed by atoms with Crippen molar-refractivity contribution in [3.8, 4) is 5.75 Å². The molecule has 0 fully saturated rings. The van der Waals surface area contributed by atoms with Crippen LogP contribution in [0, 0.1) is 0 Å². The summed E-state index contributed by atoms with van der Waals surface area (Å²) in [6, 6.07) is 12.8. The number of carbonyl (C=O) groups excluding carboxylic acids is 1. The molecule has 0 radical (unpaired) electrons. The molecule has 2 aromatic rings. The number of carbonyl (C=O) groups is 2. The van der Waals surface area contributed by atoms with Gasteiger partial charge in [0.1, 0.15) is 12.4 Å². The Morgan fingerprint density at radius 1 is 1.13 bits per heavy atom. The van der Waals surface area contributed by atoms with Crippen LogP contribution >= 0.6 is 11.6 Å². The topological polar surface area (TPSA) is 75.6 Å². The summed E-state index contributed by atoms with van der Waals surface area (Å²) in [5.41, 5.74) is 0.606. The largest absolute Gasteiger partial charge is 1.00 e. The van der Waals surface area contributed by atoms with Gasteiger partial charge in [-0.3, -0.25) is 4.79 Å². The number of carboxylic acids is 1. The van der Waals surface area contributed by atoms with Crippen LogP contribution in [0.2, 0.25) is 5.02 Å². The van der Waals surface area contributed by atoms with Crippen molar-refractivity contribution < 1.29 is 50.4 Å². The third-order valence-electron chi connectivity index (χ3n) is 2.88. The number of benzene rings is 2. The molecule has 0 saturated heterocycles. The number of rotatable bonds is 6. The first-order valence-electron chi connectivity index (χ1n) is 6.57. The summed E-state index contributed by atoms with van der Waals surface area (Å²) in [7, 11) is 0. The molecule has 0 atom stereocenters. The first-order valence-corrected chi connectivity index (χ1v) is 6.94. The van der Waals surface area contributed by atoms with Crippen LogP contribution in [0.3, 0.4) is 0 Å². The molecule has 116 valence electrons. The van der Waals surface area contributed by atoms with Crippen molar-refractivity contribution >= 4 is 23.5 Å². The molecule has 1 amide bonds. The molecule has 7 heteroatoms. The van der Waals surface area contributed by atoms with Crippen molar-refractivity contribution in [3.05, 3.63) is 64.7 Å². The van der Waals surface area contributed by atoms with Crippen molar-refractivity contribution in [2.75, 3.05) is 13.2 Å². The van der Waals surface area contributed by atoms with E-state index in [1.54, 1.807) is 36.4 Å². The monoisotopic (exact) mass is 343 g/mol. The summed E-state index contributed by atoms with van der Waals surface area (Å²) in [5, 5.41) is 11.9. The molecular weight excluding hydrogens is 329 g/mol. The second kappa shape index (κ2) is 9.57. The molecule has 0 spiro atoms. The van der Waals surface area contributed by atoms with Gasteiger partial charge in [-0.2, -0.15) is 0 Å². The number of halogens is 1. The second-order valence-corrected chi connectivity index (χ2v) is 4.82. The van der Waals surface area contributed by atoms with Crippen molar-refractivity contribution in [3.63, 3.8) is 0 Å². The zero-order valence-electron chi connectivity index (χ0n) is 13.6. The van der Waals surface area contributed by atoms with E-state index in [4.69, 9.17) is 21.4 Å². The quantitative estimate of drug-likeness (QED) is 0.570. The fourth-order valence-electron chi connectivity index (χ4n) is 1.77. The fraction of sp³-hybridized carbons (Fsp3) is 0.125. The van der Waals surface area contributed by atoms with E-state index in [0.717, 1.165) is 0 Å². The Morgan fingerprint density at radius 2 is 1.78 bits per heavy atom. The zero-order chi connectivity index (χ0) is 15.9. The van der Waals surface area contributed by atoms with E-state index < -0.39 is 5.97 Å². The van der Waals surface area contributed by atoms with E-state index in [2.05, 4.69) is 5.32 Å². The standard InChI is InChI=1S/C16H14ClNO4.Na.H/c17-14-4-2-1-3-13(14)15(19)18-9-10-22-12-7-5-11(6-8-12)16(20)21;;/h1-8H,9-10H2,(H,18,19)(H,20,21);;/q;+1;-1. The fourth-order valence-corrected chi connectivity index (χ4v) is 1.99. The average molecular weight is 344 g/mol. The predicted molar refractivity (Wildman–Crippen MR) is 83.8 cm³/mol. The number of hydrogen-bond acceptors (Lipinski definition) is 3. The maximum Gasteiger partial charge on any atom is 1.00 e. The molecule has 0 aliphatic rings. The zero-order valence-corrected chi connectivity index (χ0v) is 15.3. The number of nitrogens with one attached hydrogen (secondary N) is 1. The van der Waals surface area contributed by atoms with E-state index in [1.807, 2.05) is 0 Å². The van der Waals surface area contributed by atoms with Crippen LogP contribution in [0.25, 0.3) is 0 Å². The minimum absolute atomic E-state index is 0. The van der Waals surface area contributed by atoms with E-state index in [0.29, 0.717) is 22.9 Å². The Hall–Kier alpha value is -1.53. The number of ether oxygens (including phenoxy) is 1. The van der Waals surface area contributed by atoms with Crippen molar-refractivity contribution in [1.82, 2.24) is 5.32 Å². The summed E-state index contributed by atoms with van der Waals surface area (Å²) in [4.78, 5) is 22.6. The van der Waals surface area contributed by atoms with Gasteiger partial charge in [0.15, 0.2) is 0 Å². The Balaban J connectivity index is 0.00000264. The molecule has 0 saturated carbocycles.